The van der Waals surface area contributed by atoms with E-state index in [4.69, 9.17) is 4.74 Å². The van der Waals surface area contributed by atoms with Crippen LogP contribution < -0.4 is 10.1 Å². The molecule has 0 radical (unpaired) electrons. The maximum absolute atomic E-state index is 5.20. The van der Waals surface area contributed by atoms with Crippen LogP contribution in [0.25, 0.3) is 0 Å². The highest BCUT2D eigenvalue weighted by molar-refractivity contribution is 5.28. The minimum Gasteiger partial charge on any atom is -0.497 e. The minimum absolute atomic E-state index is 0.658. The molecule has 0 heterocycles. The lowest BCUT2D eigenvalue weighted by atomic mass is 10.1. The van der Waals surface area contributed by atoms with E-state index >= 15 is 0 Å². The highest BCUT2D eigenvalue weighted by atomic mass is 16.5. The number of ether oxygens (including phenoxy) is 1. The van der Waals surface area contributed by atoms with Crippen molar-refractivity contribution in [2.45, 2.75) is 39.2 Å². The zero-order valence-corrected chi connectivity index (χ0v) is 10.6. The summed E-state index contributed by atoms with van der Waals surface area (Å²) in [4.78, 5) is 0. The summed E-state index contributed by atoms with van der Waals surface area (Å²) in [6, 6.07) is 8.94. The summed E-state index contributed by atoms with van der Waals surface area (Å²) in [5.41, 5.74) is 1.33. The SMILES string of the molecule is CCC(CC)NCCc1cccc(OC)c1. The molecule has 0 unspecified atom stereocenters. The first-order chi connectivity index (χ1) is 7.80. The maximum Gasteiger partial charge on any atom is 0.119 e. The van der Waals surface area contributed by atoms with Crippen molar-refractivity contribution >= 4 is 0 Å². The van der Waals surface area contributed by atoms with E-state index in [0.29, 0.717) is 6.04 Å². The molecule has 0 aliphatic rings. The third-order valence-electron chi connectivity index (χ3n) is 2.97. The van der Waals surface area contributed by atoms with Crippen molar-refractivity contribution < 1.29 is 4.74 Å². The average molecular weight is 221 g/mol. The summed E-state index contributed by atoms with van der Waals surface area (Å²) in [6.07, 6.45) is 3.47. The number of hydrogen-bond donors (Lipinski definition) is 1. The van der Waals surface area contributed by atoms with Gasteiger partial charge in [0.1, 0.15) is 5.75 Å². The Bertz CT molecular complexity index is 295. The molecule has 0 atom stereocenters. The first-order valence-corrected chi connectivity index (χ1v) is 6.16. The largest absolute Gasteiger partial charge is 0.497 e. The van der Waals surface area contributed by atoms with Crippen LogP contribution in [0.2, 0.25) is 0 Å². The molecule has 0 amide bonds. The first kappa shape index (κ1) is 13.0. The molecule has 2 nitrogen and oxygen atoms in total. The average Bonchev–Trinajstić information content (AvgIpc) is 2.35. The van der Waals surface area contributed by atoms with E-state index < -0.39 is 0 Å². The summed E-state index contributed by atoms with van der Waals surface area (Å²) < 4.78 is 5.20. The Balaban J connectivity index is 2.36. The molecule has 0 aliphatic heterocycles. The Morgan fingerprint density at radius 1 is 1.25 bits per heavy atom. The normalized spacial score (nSPS) is 10.8. The first-order valence-electron chi connectivity index (χ1n) is 6.16. The second-order valence-electron chi connectivity index (χ2n) is 4.07. The zero-order chi connectivity index (χ0) is 11.8. The van der Waals surface area contributed by atoms with Gasteiger partial charge >= 0.3 is 0 Å². The quantitative estimate of drug-likeness (QED) is 0.764. The van der Waals surface area contributed by atoms with Crippen LogP contribution in [-0.4, -0.2) is 19.7 Å². The number of benzene rings is 1. The highest BCUT2D eigenvalue weighted by Crippen LogP contribution is 2.12. The van der Waals surface area contributed by atoms with Crippen LogP contribution in [0.1, 0.15) is 32.3 Å². The van der Waals surface area contributed by atoms with Gasteiger partial charge in [-0.1, -0.05) is 26.0 Å². The van der Waals surface area contributed by atoms with Gasteiger partial charge in [0.25, 0.3) is 0 Å². The van der Waals surface area contributed by atoms with Gasteiger partial charge in [0.15, 0.2) is 0 Å². The van der Waals surface area contributed by atoms with E-state index in [0.717, 1.165) is 18.7 Å². The standard InChI is InChI=1S/C14H23NO/c1-4-13(5-2)15-10-9-12-7-6-8-14(11-12)16-3/h6-8,11,13,15H,4-5,9-10H2,1-3H3. The number of methoxy groups -OCH3 is 1. The lowest BCUT2D eigenvalue weighted by Crippen LogP contribution is -2.29. The summed E-state index contributed by atoms with van der Waals surface area (Å²) in [7, 11) is 1.71. The monoisotopic (exact) mass is 221 g/mol. The molecule has 2 heteroatoms. The summed E-state index contributed by atoms with van der Waals surface area (Å²) in [5.74, 6) is 0.944. The van der Waals surface area contributed by atoms with Crippen LogP contribution in [-0.2, 0) is 6.42 Å². The van der Waals surface area contributed by atoms with E-state index in [1.807, 2.05) is 12.1 Å². The van der Waals surface area contributed by atoms with Crippen molar-refractivity contribution in [3.8, 4) is 5.75 Å². The van der Waals surface area contributed by atoms with Gasteiger partial charge in [-0.2, -0.15) is 0 Å². The van der Waals surface area contributed by atoms with E-state index in [1.165, 1.54) is 18.4 Å². The molecule has 0 saturated carbocycles. The van der Waals surface area contributed by atoms with E-state index in [-0.39, 0.29) is 0 Å². The summed E-state index contributed by atoms with van der Waals surface area (Å²) in [5, 5.41) is 3.56. The molecule has 0 fully saturated rings. The van der Waals surface area contributed by atoms with E-state index in [2.05, 4.69) is 31.3 Å². The Hall–Kier alpha value is -1.02. The molecule has 1 aromatic carbocycles. The van der Waals surface area contributed by atoms with Crippen LogP contribution in [0.3, 0.4) is 0 Å². The smallest absolute Gasteiger partial charge is 0.119 e. The Kier molecular flexibility index (Phi) is 5.94. The van der Waals surface area contributed by atoms with Crippen LogP contribution >= 0.6 is 0 Å². The molecule has 0 aliphatic carbocycles. The Morgan fingerprint density at radius 3 is 2.62 bits per heavy atom. The van der Waals surface area contributed by atoms with Crippen LogP contribution in [0, 0.1) is 0 Å². The maximum atomic E-state index is 5.20. The van der Waals surface area contributed by atoms with E-state index in [9.17, 15) is 0 Å². The van der Waals surface area contributed by atoms with Gasteiger partial charge in [-0.25, -0.2) is 0 Å². The minimum atomic E-state index is 0.658. The van der Waals surface area contributed by atoms with Gasteiger partial charge in [-0.15, -0.1) is 0 Å². The highest BCUT2D eigenvalue weighted by Gasteiger charge is 2.01. The summed E-state index contributed by atoms with van der Waals surface area (Å²) >= 11 is 0. The van der Waals surface area contributed by atoms with E-state index in [1.54, 1.807) is 7.11 Å². The van der Waals surface area contributed by atoms with Gasteiger partial charge in [0.05, 0.1) is 7.11 Å². The third kappa shape index (κ3) is 4.23. The molecule has 16 heavy (non-hydrogen) atoms. The lowest BCUT2D eigenvalue weighted by molar-refractivity contribution is 0.414. The second kappa shape index (κ2) is 7.29. The van der Waals surface area contributed by atoms with Gasteiger partial charge in [0.2, 0.25) is 0 Å². The fraction of sp³-hybridized carbons (Fsp3) is 0.571. The van der Waals surface area contributed by atoms with Gasteiger partial charge in [-0.05, 0) is 43.5 Å². The van der Waals surface area contributed by atoms with Crippen molar-refractivity contribution in [3.05, 3.63) is 29.8 Å². The molecular formula is C14H23NO. The molecule has 1 rings (SSSR count). The number of rotatable bonds is 7. The number of hydrogen-bond acceptors (Lipinski definition) is 2. The molecule has 0 aromatic heterocycles. The summed E-state index contributed by atoms with van der Waals surface area (Å²) in [6.45, 7) is 5.50. The zero-order valence-electron chi connectivity index (χ0n) is 10.6. The Morgan fingerprint density at radius 2 is 2.00 bits per heavy atom. The van der Waals surface area contributed by atoms with Crippen LogP contribution in [0.15, 0.2) is 24.3 Å². The fourth-order valence-electron chi connectivity index (χ4n) is 1.83. The lowest BCUT2D eigenvalue weighted by Gasteiger charge is -2.14. The molecule has 1 aromatic rings. The topological polar surface area (TPSA) is 21.3 Å². The van der Waals surface area contributed by atoms with Crippen molar-refractivity contribution in [3.63, 3.8) is 0 Å². The fourth-order valence-corrected chi connectivity index (χ4v) is 1.83. The third-order valence-corrected chi connectivity index (χ3v) is 2.97. The van der Waals surface area contributed by atoms with Crippen molar-refractivity contribution in [2.24, 2.45) is 0 Å². The predicted octanol–water partition coefficient (Wildman–Crippen LogP) is 3.02. The van der Waals surface area contributed by atoms with Gasteiger partial charge in [-0.3, -0.25) is 0 Å². The van der Waals surface area contributed by atoms with Crippen LogP contribution in [0.4, 0.5) is 0 Å². The predicted molar refractivity (Wildman–Crippen MR) is 69.1 cm³/mol. The molecule has 0 spiro atoms. The molecule has 1 N–H and O–H groups in total. The molecule has 0 bridgehead atoms. The van der Waals surface area contributed by atoms with Crippen LogP contribution in [0.5, 0.6) is 5.75 Å². The van der Waals surface area contributed by atoms with Crippen molar-refractivity contribution in [1.82, 2.24) is 5.32 Å². The van der Waals surface area contributed by atoms with Gasteiger partial charge < -0.3 is 10.1 Å². The number of nitrogens with one attached hydrogen (secondary N) is 1. The van der Waals surface area contributed by atoms with Gasteiger partial charge in [0, 0.05) is 6.04 Å². The molecule has 0 saturated heterocycles. The Labute approximate surface area is 99.0 Å². The molecular weight excluding hydrogens is 198 g/mol. The second-order valence-corrected chi connectivity index (χ2v) is 4.07. The van der Waals surface area contributed by atoms with Crippen molar-refractivity contribution in [2.75, 3.05) is 13.7 Å². The van der Waals surface area contributed by atoms with Crippen molar-refractivity contribution in [1.29, 1.82) is 0 Å². The molecule has 90 valence electrons.